The first kappa shape index (κ1) is 23.5. The summed E-state index contributed by atoms with van der Waals surface area (Å²) in [6.45, 7) is 10.0. The van der Waals surface area contributed by atoms with E-state index in [2.05, 4.69) is 109 Å². The van der Waals surface area contributed by atoms with Crippen LogP contribution in [0.3, 0.4) is 0 Å². The quantitative estimate of drug-likeness (QED) is 0.281. The molecule has 0 aliphatic carbocycles. The van der Waals surface area contributed by atoms with Gasteiger partial charge in [-0.3, -0.25) is 0 Å². The van der Waals surface area contributed by atoms with E-state index in [1.165, 1.54) is 63.7 Å². The molecule has 0 atom stereocenters. The lowest BCUT2D eigenvalue weighted by atomic mass is 10.1. The Morgan fingerprint density at radius 2 is 1.36 bits per heavy atom. The topological polar surface area (TPSA) is 6.48 Å². The first-order chi connectivity index (χ1) is 16.2. The van der Waals surface area contributed by atoms with E-state index in [9.17, 15) is 0 Å². The fourth-order valence-corrected chi connectivity index (χ4v) is 5.50. The largest absolute Gasteiger partial charge is 0.372 e. The summed E-state index contributed by atoms with van der Waals surface area (Å²) >= 11 is 1.87. The van der Waals surface area contributed by atoms with Crippen molar-refractivity contribution in [1.82, 2.24) is 0 Å². The maximum atomic E-state index is 2.54. The molecule has 3 heteroatoms. The van der Waals surface area contributed by atoms with Gasteiger partial charge in [-0.1, -0.05) is 80.9 Å². The van der Waals surface area contributed by atoms with Gasteiger partial charge in [-0.2, -0.15) is 0 Å². The van der Waals surface area contributed by atoms with Crippen molar-refractivity contribution < 1.29 is 0 Å². The fraction of sp³-hybridized carbons (Fsp3) is 0.333. The van der Waals surface area contributed by atoms with Crippen LogP contribution < -0.4 is 9.80 Å². The van der Waals surface area contributed by atoms with Crippen LogP contribution in [-0.4, -0.2) is 19.6 Å². The fourth-order valence-electron chi connectivity index (χ4n) is 4.35. The van der Waals surface area contributed by atoms with E-state index in [1.54, 1.807) is 0 Å². The summed E-state index contributed by atoms with van der Waals surface area (Å²) in [5.74, 6) is 0. The minimum Gasteiger partial charge on any atom is -0.372 e. The van der Waals surface area contributed by atoms with Crippen LogP contribution in [0.25, 0.3) is 12.2 Å². The molecule has 1 heterocycles. The number of fused-ring (bicyclic) bond motifs is 2. The second kappa shape index (κ2) is 11.5. The summed E-state index contributed by atoms with van der Waals surface area (Å²) in [5.41, 5.74) is 6.45. The lowest BCUT2D eigenvalue weighted by molar-refractivity contribution is 0.678. The molecule has 0 N–H and O–H groups in total. The zero-order chi connectivity index (χ0) is 23.0. The monoisotopic (exact) mass is 456 g/mol. The molecule has 0 fully saturated rings. The maximum absolute atomic E-state index is 2.54. The van der Waals surface area contributed by atoms with Gasteiger partial charge in [0.05, 0.1) is 11.4 Å². The smallest absolute Gasteiger partial charge is 0.0553 e. The van der Waals surface area contributed by atoms with Gasteiger partial charge in [-0.05, 0) is 67.3 Å². The van der Waals surface area contributed by atoms with Crippen molar-refractivity contribution in [2.75, 3.05) is 29.4 Å². The first-order valence-corrected chi connectivity index (χ1v) is 13.3. The number of hydrogen-bond acceptors (Lipinski definition) is 3. The number of unbranched alkanes of at least 4 members (excludes halogenated alkanes) is 2. The van der Waals surface area contributed by atoms with Crippen molar-refractivity contribution in [3.63, 3.8) is 0 Å². The molecule has 1 aliphatic heterocycles. The standard InChI is InChI=1S/C30H36N2S/c1-4-7-21-31(22-8-5-2)26-18-15-24(16-19-26)13-14-25-17-20-28-30(23-25)33-29-12-10-9-11-27(29)32(28)6-3/h9-20,23H,4-8,21-22H2,1-3H3/b14-13+. The zero-order valence-corrected chi connectivity index (χ0v) is 21.1. The lowest BCUT2D eigenvalue weighted by Gasteiger charge is -2.32. The molecule has 0 saturated carbocycles. The van der Waals surface area contributed by atoms with Gasteiger partial charge in [0.2, 0.25) is 0 Å². The summed E-state index contributed by atoms with van der Waals surface area (Å²) in [4.78, 5) is 7.61. The van der Waals surface area contributed by atoms with Gasteiger partial charge >= 0.3 is 0 Å². The molecule has 0 amide bonds. The molecule has 2 nitrogen and oxygen atoms in total. The predicted molar refractivity (Wildman–Crippen MR) is 147 cm³/mol. The Morgan fingerprint density at radius 3 is 2.06 bits per heavy atom. The molecule has 0 aromatic heterocycles. The van der Waals surface area contributed by atoms with Crippen molar-refractivity contribution in [2.45, 2.75) is 56.2 Å². The van der Waals surface area contributed by atoms with Crippen LogP contribution in [0.2, 0.25) is 0 Å². The van der Waals surface area contributed by atoms with Crippen molar-refractivity contribution >= 4 is 41.0 Å². The number of hydrogen-bond donors (Lipinski definition) is 0. The summed E-state index contributed by atoms with van der Waals surface area (Å²) in [7, 11) is 0. The molecule has 0 unspecified atom stereocenters. The minimum absolute atomic E-state index is 0.972. The van der Waals surface area contributed by atoms with E-state index >= 15 is 0 Å². The van der Waals surface area contributed by atoms with Gasteiger partial charge in [0, 0.05) is 35.1 Å². The molecule has 172 valence electrons. The Balaban J connectivity index is 1.48. The van der Waals surface area contributed by atoms with E-state index in [4.69, 9.17) is 0 Å². The van der Waals surface area contributed by atoms with Gasteiger partial charge in [-0.25, -0.2) is 0 Å². The highest BCUT2D eigenvalue weighted by molar-refractivity contribution is 7.99. The van der Waals surface area contributed by atoms with E-state index < -0.39 is 0 Å². The van der Waals surface area contributed by atoms with Crippen molar-refractivity contribution in [2.24, 2.45) is 0 Å². The second-order valence-corrected chi connectivity index (χ2v) is 9.74. The van der Waals surface area contributed by atoms with Gasteiger partial charge in [-0.15, -0.1) is 0 Å². The molecule has 0 radical (unpaired) electrons. The van der Waals surface area contributed by atoms with Crippen LogP contribution in [0.1, 0.15) is 57.6 Å². The Morgan fingerprint density at radius 1 is 0.727 bits per heavy atom. The molecule has 1 aliphatic rings. The van der Waals surface area contributed by atoms with E-state index in [0.717, 1.165) is 19.6 Å². The molecule has 0 spiro atoms. The summed E-state index contributed by atoms with van der Waals surface area (Å²) in [6.07, 6.45) is 9.45. The Hall–Kier alpha value is -2.65. The molecule has 33 heavy (non-hydrogen) atoms. The average Bonchev–Trinajstić information content (AvgIpc) is 2.86. The molecule has 3 aromatic rings. The third kappa shape index (κ3) is 5.65. The highest BCUT2D eigenvalue weighted by Crippen LogP contribution is 2.48. The Kier molecular flexibility index (Phi) is 8.17. The van der Waals surface area contributed by atoms with Crippen LogP contribution >= 0.6 is 11.8 Å². The Labute approximate surface area is 204 Å². The SMILES string of the molecule is CCCCN(CCCC)c1ccc(/C=C/c2ccc3c(c2)Sc2ccccc2N3CC)cc1. The summed E-state index contributed by atoms with van der Waals surface area (Å²) in [5, 5.41) is 0. The van der Waals surface area contributed by atoms with E-state index in [1.807, 2.05) is 11.8 Å². The van der Waals surface area contributed by atoms with Crippen molar-refractivity contribution in [3.8, 4) is 0 Å². The number of para-hydroxylation sites is 1. The van der Waals surface area contributed by atoms with Crippen molar-refractivity contribution in [1.29, 1.82) is 0 Å². The lowest BCUT2D eigenvalue weighted by Crippen LogP contribution is -2.25. The summed E-state index contributed by atoms with van der Waals surface area (Å²) in [6, 6.07) is 24.6. The number of nitrogens with zero attached hydrogens (tertiary/aromatic N) is 2. The van der Waals surface area contributed by atoms with Gasteiger partial charge in [0.1, 0.15) is 0 Å². The highest BCUT2D eigenvalue weighted by Gasteiger charge is 2.21. The van der Waals surface area contributed by atoms with Gasteiger partial charge < -0.3 is 9.80 Å². The van der Waals surface area contributed by atoms with Gasteiger partial charge in [0.25, 0.3) is 0 Å². The van der Waals surface area contributed by atoms with Crippen LogP contribution in [-0.2, 0) is 0 Å². The van der Waals surface area contributed by atoms with Crippen molar-refractivity contribution in [3.05, 3.63) is 77.9 Å². The molecular weight excluding hydrogens is 420 g/mol. The number of anilines is 3. The first-order valence-electron chi connectivity index (χ1n) is 12.4. The Bertz CT molecular complexity index is 1060. The number of rotatable bonds is 10. The average molecular weight is 457 g/mol. The number of benzene rings is 3. The second-order valence-electron chi connectivity index (χ2n) is 8.66. The molecular formula is C30H36N2S. The molecule has 0 bridgehead atoms. The molecule has 4 rings (SSSR count). The maximum Gasteiger partial charge on any atom is 0.0553 e. The van der Waals surface area contributed by atoms with E-state index in [-0.39, 0.29) is 0 Å². The van der Waals surface area contributed by atoms with Crippen LogP contribution in [0.5, 0.6) is 0 Å². The third-order valence-electron chi connectivity index (χ3n) is 6.26. The third-order valence-corrected chi connectivity index (χ3v) is 7.37. The molecule has 3 aromatic carbocycles. The van der Waals surface area contributed by atoms with Crippen LogP contribution in [0.4, 0.5) is 17.1 Å². The zero-order valence-electron chi connectivity index (χ0n) is 20.3. The van der Waals surface area contributed by atoms with Crippen LogP contribution in [0, 0.1) is 0 Å². The molecule has 0 saturated heterocycles. The van der Waals surface area contributed by atoms with E-state index in [0.29, 0.717) is 0 Å². The predicted octanol–water partition coefficient (Wildman–Crippen LogP) is 8.89. The van der Waals surface area contributed by atoms with Gasteiger partial charge in [0.15, 0.2) is 0 Å². The normalized spacial score (nSPS) is 12.6. The highest BCUT2D eigenvalue weighted by atomic mass is 32.2. The minimum atomic E-state index is 0.972. The van der Waals surface area contributed by atoms with Crippen LogP contribution in [0.15, 0.2) is 76.5 Å². The summed E-state index contributed by atoms with van der Waals surface area (Å²) < 4.78 is 0.